The van der Waals surface area contributed by atoms with Crippen LogP contribution in [0, 0.1) is 11.6 Å². The molecule has 0 radical (unpaired) electrons. The third-order valence-electron chi connectivity index (χ3n) is 2.72. The van der Waals surface area contributed by atoms with Crippen LogP contribution in [0.2, 0.25) is 0 Å². The van der Waals surface area contributed by atoms with Crippen LogP contribution in [0.25, 0.3) is 0 Å². The quantitative estimate of drug-likeness (QED) is 0.246. The Hall–Kier alpha value is -2.09. The second kappa shape index (κ2) is 7.79. The smallest absolute Gasteiger partial charge is 0.348 e. The van der Waals surface area contributed by atoms with Gasteiger partial charge in [-0.2, -0.15) is 0 Å². The van der Waals surface area contributed by atoms with Crippen LogP contribution in [0.3, 0.4) is 0 Å². The molecule has 1 unspecified atom stereocenters. The maximum atomic E-state index is 13.1. The highest BCUT2D eigenvalue weighted by molar-refractivity contribution is 7.84. The van der Waals surface area contributed by atoms with Crippen molar-refractivity contribution in [2.45, 2.75) is 26.4 Å². The molecule has 22 heavy (non-hydrogen) atoms. The first-order valence-corrected chi connectivity index (χ1v) is 6.80. The molecular weight excluding hydrogens is 316 g/mol. The number of anilines is 1. The van der Waals surface area contributed by atoms with Crippen LogP contribution in [0.4, 0.5) is 14.5 Å². The molecule has 5 nitrogen and oxygen atoms in total. The molecule has 0 spiro atoms. The van der Waals surface area contributed by atoms with E-state index < -0.39 is 35.3 Å². The molecule has 0 aliphatic heterocycles. The summed E-state index contributed by atoms with van der Waals surface area (Å²) in [5.74, 6) is -4.79. The van der Waals surface area contributed by atoms with E-state index >= 15 is 0 Å². The van der Waals surface area contributed by atoms with Crippen LogP contribution < -0.4 is 5.32 Å². The number of aliphatic carboxylic acids is 1. The number of hydrogen-bond donors (Lipinski definition) is 3. The normalized spacial score (nSPS) is 13.1. The van der Waals surface area contributed by atoms with Crippen LogP contribution in [0.5, 0.6) is 0 Å². The summed E-state index contributed by atoms with van der Waals surface area (Å²) in [5.41, 5.74) is -0.688. The van der Waals surface area contributed by atoms with Crippen LogP contribution in [0.15, 0.2) is 28.8 Å². The van der Waals surface area contributed by atoms with Crippen molar-refractivity contribution in [3.8, 4) is 0 Å². The monoisotopic (exact) mass is 331 g/mol. The number of rotatable bonds is 6. The van der Waals surface area contributed by atoms with E-state index in [0.717, 1.165) is 12.1 Å². The van der Waals surface area contributed by atoms with E-state index in [2.05, 4.69) is 17.9 Å². The third-order valence-corrected chi connectivity index (χ3v) is 3.06. The molecule has 0 amide bonds. The number of carboxylic acids is 1. The van der Waals surface area contributed by atoms with Crippen molar-refractivity contribution >= 4 is 30.3 Å². The lowest BCUT2D eigenvalue weighted by Crippen LogP contribution is -2.22. The van der Waals surface area contributed by atoms with Crippen molar-refractivity contribution in [1.82, 2.24) is 0 Å². The highest BCUT2D eigenvalue weighted by Crippen LogP contribution is 2.19. The van der Waals surface area contributed by atoms with E-state index in [1.165, 1.54) is 6.07 Å². The molecule has 1 aromatic carbocycles. The van der Waals surface area contributed by atoms with E-state index in [0.29, 0.717) is 6.42 Å². The molecule has 0 saturated heterocycles. The van der Waals surface area contributed by atoms with Gasteiger partial charge in [-0.25, -0.2) is 18.4 Å². The molecule has 0 aromatic heterocycles. The van der Waals surface area contributed by atoms with Crippen LogP contribution in [-0.4, -0.2) is 23.1 Å². The second-order valence-electron chi connectivity index (χ2n) is 4.41. The van der Waals surface area contributed by atoms with Crippen LogP contribution in [-0.2, 0) is 14.3 Å². The lowest BCUT2D eigenvalue weighted by atomic mass is 10.2. The summed E-state index contributed by atoms with van der Waals surface area (Å²) >= 11 is 3.90. The molecule has 0 bridgehead atoms. The first-order chi connectivity index (χ1) is 10.3. The number of halogens is 2. The number of thiol groups is 1. The van der Waals surface area contributed by atoms with Crippen molar-refractivity contribution < 1.29 is 28.2 Å². The summed E-state index contributed by atoms with van der Waals surface area (Å²) in [4.78, 5) is 23.0. The van der Waals surface area contributed by atoms with E-state index in [9.17, 15) is 18.4 Å². The van der Waals surface area contributed by atoms with Gasteiger partial charge in [-0.3, -0.25) is 0 Å². The van der Waals surface area contributed by atoms with E-state index in [1.54, 1.807) is 13.8 Å². The number of carboxylic acid groups (broad SMARTS) is 1. The molecule has 1 aromatic rings. The number of carbonyl (C=O) groups excluding carboxylic acids is 1. The Kier molecular flexibility index (Phi) is 6.36. The minimum Gasteiger partial charge on any atom is -0.477 e. The number of hydrogen-bond acceptors (Lipinski definition) is 5. The van der Waals surface area contributed by atoms with Crippen molar-refractivity contribution in [1.29, 1.82) is 0 Å². The summed E-state index contributed by atoms with van der Waals surface area (Å²) < 4.78 is 30.9. The molecule has 8 heteroatoms. The molecule has 0 saturated carbocycles. The molecule has 1 atom stereocenters. The maximum Gasteiger partial charge on any atom is 0.348 e. The summed E-state index contributed by atoms with van der Waals surface area (Å²) in [6.07, 6.45) is 0.0446. The van der Waals surface area contributed by atoms with Crippen molar-refractivity contribution in [3.63, 3.8) is 0 Å². The van der Waals surface area contributed by atoms with E-state index in [-0.39, 0.29) is 10.7 Å². The number of nitrogens with one attached hydrogen (secondary N) is 1. The zero-order valence-corrected chi connectivity index (χ0v) is 12.8. The van der Waals surface area contributed by atoms with Gasteiger partial charge in [0.05, 0.1) is 11.1 Å². The predicted molar refractivity (Wildman–Crippen MR) is 79.5 cm³/mol. The Morgan fingerprint density at radius 3 is 2.50 bits per heavy atom. The van der Waals surface area contributed by atoms with Crippen molar-refractivity contribution in [3.05, 3.63) is 40.4 Å². The predicted octanol–water partition coefficient (Wildman–Crippen LogP) is 2.94. The fourth-order valence-electron chi connectivity index (χ4n) is 1.38. The molecule has 2 N–H and O–H groups in total. The molecule has 120 valence electrons. The topological polar surface area (TPSA) is 75.6 Å². The van der Waals surface area contributed by atoms with Gasteiger partial charge in [-0.05, 0) is 25.5 Å². The van der Waals surface area contributed by atoms with Crippen LogP contribution >= 0.6 is 12.6 Å². The average Bonchev–Trinajstić information content (AvgIpc) is 2.42. The van der Waals surface area contributed by atoms with E-state index in [4.69, 9.17) is 9.84 Å². The molecule has 0 fully saturated rings. The largest absolute Gasteiger partial charge is 0.477 e. The van der Waals surface area contributed by atoms with Gasteiger partial charge >= 0.3 is 11.9 Å². The summed E-state index contributed by atoms with van der Waals surface area (Å²) in [6.45, 7) is 3.38. The first kappa shape index (κ1) is 18.0. The SMILES string of the molecule is CCC(C)OC(=O)C(C(=O)O)=C(S)Nc1ccc(F)c(F)c1. The van der Waals surface area contributed by atoms with Gasteiger partial charge in [0.25, 0.3) is 0 Å². The molecule has 1 rings (SSSR count). The first-order valence-electron chi connectivity index (χ1n) is 6.35. The highest BCUT2D eigenvalue weighted by atomic mass is 32.1. The second-order valence-corrected chi connectivity index (χ2v) is 4.85. The van der Waals surface area contributed by atoms with Gasteiger partial charge in [-0.1, -0.05) is 6.92 Å². The van der Waals surface area contributed by atoms with Gasteiger partial charge in [0, 0.05) is 11.8 Å². The number of carbonyl (C=O) groups is 2. The van der Waals surface area contributed by atoms with Gasteiger partial charge in [-0.15, -0.1) is 12.6 Å². The lowest BCUT2D eigenvalue weighted by molar-refractivity contribution is -0.147. The van der Waals surface area contributed by atoms with Crippen molar-refractivity contribution in [2.24, 2.45) is 0 Å². The van der Waals surface area contributed by atoms with Crippen molar-refractivity contribution in [2.75, 3.05) is 5.32 Å². The van der Waals surface area contributed by atoms with Gasteiger partial charge in [0.15, 0.2) is 17.2 Å². The zero-order valence-electron chi connectivity index (χ0n) is 11.9. The summed E-state index contributed by atoms with van der Waals surface area (Å²) in [7, 11) is 0. The molecule has 0 aliphatic carbocycles. The third kappa shape index (κ3) is 4.73. The Morgan fingerprint density at radius 1 is 1.36 bits per heavy atom. The van der Waals surface area contributed by atoms with E-state index in [1.807, 2.05) is 0 Å². The van der Waals surface area contributed by atoms with Gasteiger partial charge in [0.2, 0.25) is 0 Å². The molecular formula is C14H15F2NO4S. The zero-order chi connectivity index (χ0) is 16.9. The Labute approximate surface area is 131 Å². The standard InChI is InChI=1S/C14H15F2NO4S/c1-3-7(2)21-14(20)11(13(18)19)12(22)17-8-4-5-9(15)10(16)6-8/h4-7,17,22H,3H2,1-2H3,(H,18,19). The lowest BCUT2D eigenvalue weighted by Gasteiger charge is -2.13. The molecule has 0 aliphatic rings. The van der Waals surface area contributed by atoms with Crippen LogP contribution in [0.1, 0.15) is 20.3 Å². The Balaban J connectivity index is 3.05. The van der Waals surface area contributed by atoms with Gasteiger partial charge < -0.3 is 15.2 Å². The highest BCUT2D eigenvalue weighted by Gasteiger charge is 2.24. The Bertz CT molecular complexity index is 619. The number of benzene rings is 1. The minimum atomic E-state index is -1.55. The summed E-state index contributed by atoms with van der Waals surface area (Å²) in [6, 6.07) is 2.84. The average molecular weight is 331 g/mol. The number of esters is 1. The molecule has 0 heterocycles. The summed E-state index contributed by atoms with van der Waals surface area (Å²) in [5, 5.41) is 11.2. The fraction of sp³-hybridized carbons (Fsp3) is 0.286. The Morgan fingerprint density at radius 2 is 2.00 bits per heavy atom. The maximum absolute atomic E-state index is 13.1. The number of ether oxygens (including phenoxy) is 1. The fourth-order valence-corrected chi connectivity index (χ4v) is 1.70. The minimum absolute atomic E-state index is 0.0407. The van der Waals surface area contributed by atoms with Gasteiger partial charge in [0.1, 0.15) is 0 Å².